The number of rotatable bonds is 5. The summed E-state index contributed by atoms with van der Waals surface area (Å²) in [4.78, 5) is 24.3. The van der Waals surface area contributed by atoms with Crippen molar-refractivity contribution in [3.8, 4) is 11.5 Å². The van der Waals surface area contributed by atoms with Gasteiger partial charge < -0.3 is 9.84 Å². The van der Waals surface area contributed by atoms with Gasteiger partial charge in [-0.3, -0.25) is 9.59 Å². The molecule has 4 rings (SSSR count). The third kappa shape index (κ3) is 2.97. The van der Waals surface area contributed by atoms with E-state index in [0.29, 0.717) is 12.2 Å². The summed E-state index contributed by atoms with van der Waals surface area (Å²) in [6, 6.07) is 9.75. The number of nitrogens with zero attached hydrogens (tertiary/aromatic N) is 1. The Kier molecular flexibility index (Phi) is 5.55. The van der Waals surface area contributed by atoms with Crippen LogP contribution >= 0.6 is 23.2 Å². The van der Waals surface area contributed by atoms with Crippen molar-refractivity contribution in [2.75, 3.05) is 11.5 Å². The summed E-state index contributed by atoms with van der Waals surface area (Å²) in [5, 5.41) is 10.9. The quantitative estimate of drug-likeness (QED) is 0.484. The molecule has 166 valence electrons. The highest BCUT2D eigenvalue weighted by molar-refractivity contribution is 6.58. The van der Waals surface area contributed by atoms with Gasteiger partial charge in [0.1, 0.15) is 5.82 Å². The zero-order valence-corrected chi connectivity index (χ0v) is 18.7. The van der Waals surface area contributed by atoms with E-state index in [2.05, 4.69) is 6.58 Å². The van der Waals surface area contributed by atoms with Crippen molar-refractivity contribution < 1.29 is 23.8 Å². The molecule has 2 aliphatic rings. The van der Waals surface area contributed by atoms with E-state index in [1.54, 1.807) is 31.2 Å². The number of halogens is 3. The predicted octanol–water partition coefficient (Wildman–Crippen LogP) is 5.06. The lowest BCUT2D eigenvalue weighted by Gasteiger charge is -2.42. The summed E-state index contributed by atoms with van der Waals surface area (Å²) in [6.07, 6.45) is 3.19. The van der Waals surface area contributed by atoms with Crippen molar-refractivity contribution in [2.45, 2.75) is 29.0 Å². The highest BCUT2D eigenvalue weighted by atomic mass is 35.5. The number of para-hydroxylation sites is 1. The van der Waals surface area contributed by atoms with Crippen LogP contribution in [-0.4, -0.2) is 33.3 Å². The first kappa shape index (κ1) is 22.4. The molecule has 32 heavy (non-hydrogen) atoms. The van der Waals surface area contributed by atoms with Gasteiger partial charge in [-0.1, -0.05) is 30.9 Å². The zero-order valence-electron chi connectivity index (χ0n) is 17.1. The van der Waals surface area contributed by atoms with Gasteiger partial charge in [-0.05, 0) is 49.2 Å². The van der Waals surface area contributed by atoms with Crippen LogP contribution in [0.2, 0.25) is 0 Å². The van der Waals surface area contributed by atoms with Crippen LogP contribution in [0.15, 0.2) is 66.8 Å². The van der Waals surface area contributed by atoms with E-state index in [4.69, 9.17) is 27.9 Å². The summed E-state index contributed by atoms with van der Waals surface area (Å²) in [7, 11) is 0. The van der Waals surface area contributed by atoms with Crippen LogP contribution in [-0.2, 0) is 9.59 Å². The molecular weight excluding hydrogens is 456 g/mol. The topological polar surface area (TPSA) is 66.8 Å². The Bertz CT molecular complexity index is 1150. The third-order valence-corrected chi connectivity index (χ3v) is 7.36. The number of carbonyl (C=O) groups is 2. The molecule has 3 atom stereocenters. The van der Waals surface area contributed by atoms with Crippen LogP contribution < -0.4 is 9.64 Å². The minimum absolute atomic E-state index is 0.0237. The number of imide groups is 1. The second-order valence-corrected chi connectivity index (χ2v) is 8.85. The second kappa shape index (κ2) is 7.94. The summed E-state index contributed by atoms with van der Waals surface area (Å²) in [5.41, 5.74) is 0.980. The third-order valence-electron chi connectivity index (χ3n) is 5.94. The molecule has 2 aromatic carbocycles. The lowest BCUT2D eigenvalue weighted by molar-refractivity contribution is -0.122. The molecule has 1 aliphatic heterocycles. The van der Waals surface area contributed by atoms with E-state index >= 15 is 0 Å². The first-order chi connectivity index (χ1) is 15.2. The molecule has 0 radical (unpaired) electrons. The number of anilines is 1. The largest absolute Gasteiger partial charge is 0.504 e. The number of benzene rings is 2. The monoisotopic (exact) mass is 475 g/mol. The van der Waals surface area contributed by atoms with E-state index in [1.165, 1.54) is 18.2 Å². The molecule has 8 heteroatoms. The number of amides is 2. The molecule has 2 amide bonds. The molecule has 1 aliphatic carbocycles. The Labute approximate surface area is 194 Å². The second-order valence-electron chi connectivity index (χ2n) is 7.61. The summed E-state index contributed by atoms with van der Waals surface area (Å²) in [5.74, 6) is -2.96. The molecule has 3 unspecified atom stereocenters. The molecule has 0 aromatic heterocycles. The number of allylic oxidation sites excluding steroid dienone is 3. The maximum absolute atomic E-state index is 13.8. The number of alkyl halides is 2. The first-order valence-electron chi connectivity index (χ1n) is 10.00. The minimum Gasteiger partial charge on any atom is -0.504 e. The molecule has 1 N–H and O–H groups in total. The van der Waals surface area contributed by atoms with Crippen molar-refractivity contribution in [2.24, 2.45) is 0 Å². The molecule has 1 heterocycles. The lowest BCUT2D eigenvalue weighted by Crippen LogP contribution is -2.54. The normalized spacial score (nSPS) is 27.2. The number of aromatic hydroxyl groups is 1. The maximum atomic E-state index is 13.8. The van der Waals surface area contributed by atoms with E-state index in [9.17, 15) is 19.1 Å². The number of hydrogen-bond acceptors (Lipinski definition) is 4. The molecule has 0 spiro atoms. The Morgan fingerprint density at radius 2 is 1.91 bits per heavy atom. The molecule has 0 saturated carbocycles. The highest BCUT2D eigenvalue weighted by Gasteiger charge is 2.73. The van der Waals surface area contributed by atoms with Gasteiger partial charge in [0, 0.05) is 11.5 Å². The molecule has 1 saturated heterocycles. The van der Waals surface area contributed by atoms with Gasteiger partial charge in [0.15, 0.2) is 21.2 Å². The fourth-order valence-electron chi connectivity index (χ4n) is 4.42. The van der Waals surface area contributed by atoms with Gasteiger partial charge in [-0.15, -0.1) is 23.2 Å². The fraction of sp³-hybridized carbons (Fsp3) is 0.250. The van der Waals surface area contributed by atoms with Crippen LogP contribution in [0.3, 0.4) is 0 Å². The number of hydrogen-bond donors (Lipinski definition) is 1. The molecule has 5 nitrogen and oxygen atoms in total. The van der Waals surface area contributed by atoms with Crippen molar-refractivity contribution >= 4 is 40.7 Å². The average molecular weight is 476 g/mol. The van der Waals surface area contributed by atoms with Crippen LogP contribution in [0.5, 0.6) is 11.5 Å². The van der Waals surface area contributed by atoms with Gasteiger partial charge in [0.25, 0.3) is 11.8 Å². The van der Waals surface area contributed by atoms with Crippen LogP contribution in [0.1, 0.15) is 24.8 Å². The van der Waals surface area contributed by atoms with Crippen LogP contribution in [0, 0.1) is 5.82 Å². The van der Waals surface area contributed by atoms with E-state index in [0.717, 1.165) is 17.0 Å². The average Bonchev–Trinajstić information content (AvgIpc) is 2.93. The Balaban J connectivity index is 1.93. The standard InChI is InChI=1S/C24H20Cl2FNO4/c1-3-14-12-13-23(25)21(30)28(16-10-8-15(27)9-11-16)22(31)24(23,26)19(14)17-6-5-7-18(20(17)29)32-4-2/h3,5-12,19,29H,1,4,13H2,2H3. The van der Waals surface area contributed by atoms with Crippen molar-refractivity contribution in [1.82, 2.24) is 0 Å². The predicted molar refractivity (Wildman–Crippen MR) is 121 cm³/mol. The van der Waals surface area contributed by atoms with Gasteiger partial charge in [0.05, 0.1) is 12.3 Å². The number of phenolic OH excluding ortho intramolecular Hbond substituents is 1. The smallest absolute Gasteiger partial charge is 0.258 e. The number of ether oxygens (including phenoxy) is 1. The minimum atomic E-state index is -1.97. The van der Waals surface area contributed by atoms with Gasteiger partial charge >= 0.3 is 0 Å². The van der Waals surface area contributed by atoms with Gasteiger partial charge in [-0.2, -0.15) is 0 Å². The van der Waals surface area contributed by atoms with Gasteiger partial charge in [-0.25, -0.2) is 9.29 Å². The number of fused-ring (bicyclic) bond motifs is 1. The van der Waals surface area contributed by atoms with Crippen molar-refractivity contribution in [3.63, 3.8) is 0 Å². The molecule has 2 aromatic rings. The zero-order chi connectivity index (χ0) is 23.3. The fourth-order valence-corrected chi connectivity index (χ4v) is 5.25. The lowest BCUT2D eigenvalue weighted by atomic mass is 9.68. The summed E-state index contributed by atoms with van der Waals surface area (Å²) >= 11 is 13.9. The highest BCUT2D eigenvalue weighted by Crippen LogP contribution is 2.61. The van der Waals surface area contributed by atoms with Crippen molar-refractivity contribution in [1.29, 1.82) is 0 Å². The van der Waals surface area contributed by atoms with E-state index in [-0.39, 0.29) is 29.2 Å². The summed E-state index contributed by atoms with van der Waals surface area (Å²) in [6.45, 7) is 5.90. The van der Waals surface area contributed by atoms with E-state index in [1.807, 2.05) is 0 Å². The molecule has 1 fully saturated rings. The van der Waals surface area contributed by atoms with Gasteiger partial charge in [0.2, 0.25) is 0 Å². The maximum Gasteiger partial charge on any atom is 0.258 e. The number of phenols is 1. The van der Waals surface area contributed by atoms with Crippen molar-refractivity contribution in [3.05, 3.63) is 78.1 Å². The molecular formula is C24H20Cl2FNO4. The SMILES string of the molecule is C=CC1=CCC2(Cl)C(=O)N(c3ccc(F)cc3)C(=O)C2(Cl)C1c1cccc(OCC)c1O. The summed E-state index contributed by atoms with van der Waals surface area (Å²) < 4.78 is 18.9. The first-order valence-corrected chi connectivity index (χ1v) is 10.8. The Morgan fingerprint density at radius 3 is 2.53 bits per heavy atom. The van der Waals surface area contributed by atoms with Crippen LogP contribution in [0.4, 0.5) is 10.1 Å². The Morgan fingerprint density at radius 1 is 1.22 bits per heavy atom. The Hall–Kier alpha value is -2.83. The van der Waals surface area contributed by atoms with Crippen LogP contribution in [0.25, 0.3) is 0 Å². The number of carbonyl (C=O) groups excluding carboxylic acids is 2. The van der Waals surface area contributed by atoms with E-state index < -0.39 is 33.3 Å². The molecule has 0 bridgehead atoms.